The van der Waals surface area contributed by atoms with Crippen LogP contribution in [0.2, 0.25) is 0 Å². The maximum absolute atomic E-state index is 5.62. The van der Waals surface area contributed by atoms with Crippen LogP contribution in [0.5, 0.6) is 0 Å². The van der Waals surface area contributed by atoms with Gasteiger partial charge in [-0.15, -0.1) is 24.8 Å². The largest absolute Gasteiger partial charge is 0.324 e. The summed E-state index contributed by atoms with van der Waals surface area (Å²) in [5.41, 5.74) is 6.67. The number of halogens is 3. The van der Waals surface area contributed by atoms with Crippen LogP contribution in [0.3, 0.4) is 0 Å². The van der Waals surface area contributed by atoms with Crippen molar-refractivity contribution < 1.29 is 0 Å². The third-order valence-corrected chi connectivity index (χ3v) is 1.69. The molecular weight excluding hydrogens is 263 g/mol. The van der Waals surface area contributed by atoms with Crippen molar-refractivity contribution in [2.24, 2.45) is 5.73 Å². The summed E-state index contributed by atoms with van der Waals surface area (Å²) in [6, 6.07) is 2.03. The molecule has 1 heterocycles. The summed E-state index contributed by atoms with van der Waals surface area (Å²) in [5, 5.41) is 0. The molecule has 70 valence electrons. The van der Waals surface area contributed by atoms with E-state index in [1.807, 2.05) is 13.0 Å². The van der Waals surface area contributed by atoms with Crippen molar-refractivity contribution in [2.45, 2.75) is 13.0 Å². The molecule has 1 rings (SSSR count). The van der Waals surface area contributed by atoms with Gasteiger partial charge in [0.2, 0.25) is 0 Å². The molecule has 0 saturated heterocycles. The molecule has 2 N–H and O–H groups in total. The van der Waals surface area contributed by atoms with Crippen molar-refractivity contribution in [3.8, 4) is 0 Å². The minimum Gasteiger partial charge on any atom is -0.324 e. The Bertz CT molecular complexity index is 230. The van der Waals surface area contributed by atoms with Crippen LogP contribution in [0, 0.1) is 0 Å². The van der Waals surface area contributed by atoms with E-state index in [-0.39, 0.29) is 30.9 Å². The van der Waals surface area contributed by atoms with Gasteiger partial charge in [0.15, 0.2) is 0 Å². The molecule has 1 aromatic rings. The monoisotopic (exact) mass is 272 g/mol. The van der Waals surface area contributed by atoms with Crippen molar-refractivity contribution in [1.29, 1.82) is 0 Å². The lowest BCUT2D eigenvalue weighted by atomic mass is 10.2. The maximum atomic E-state index is 5.62. The predicted octanol–water partition coefficient (Wildman–Crippen LogP) is 2.71. The lowest BCUT2D eigenvalue weighted by Gasteiger charge is -2.03. The molecule has 0 aliphatic heterocycles. The van der Waals surface area contributed by atoms with E-state index in [1.165, 1.54) is 0 Å². The molecular formula is C7H11BrCl2N2. The highest BCUT2D eigenvalue weighted by molar-refractivity contribution is 9.10. The zero-order chi connectivity index (χ0) is 7.56. The molecule has 0 bridgehead atoms. The van der Waals surface area contributed by atoms with Crippen molar-refractivity contribution in [1.82, 2.24) is 4.98 Å². The zero-order valence-corrected chi connectivity index (χ0v) is 9.75. The van der Waals surface area contributed by atoms with E-state index in [0.29, 0.717) is 0 Å². The Balaban J connectivity index is 0. The Morgan fingerprint density at radius 2 is 2.00 bits per heavy atom. The van der Waals surface area contributed by atoms with Crippen LogP contribution in [-0.4, -0.2) is 4.98 Å². The fourth-order valence-electron chi connectivity index (χ4n) is 0.677. The van der Waals surface area contributed by atoms with E-state index in [9.17, 15) is 0 Å². The molecule has 0 fully saturated rings. The molecule has 2 nitrogen and oxygen atoms in total. The van der Waals surface area contributed by atoms with Crippen LogP contribution in [0.25, 0.3) is 0 Å². The number of rotatable bonds is 1. The van der Waals surface area contributed by atoms with Gasteiger partial charge < -0.3 is 5.73 Å². The minimum absolute atomic E-state index is 0. The Morgan fingerprint density at radius 3 is 2.33 bits per heavy atom. The second-order valence-electron chi connectivity index (χ2n) is 2.23. The molecule has 0 aliphatic rings. The second kappa shape index (κ2) is 6.66. The Kier molecular flexibility index (Phi) is 8.15. The normalized spacial score (nSPS) is 10.9. The number of hydrogen-bond acceptors (Lipinski definition) is 2. The van der Waals surface area contributed by atoms with E-state index in [0.717, 1.165) is 10.0 Å². The smallest absolute Gasteiger partial charge is 0.0410 e. The maximum Gasteiger partial charge on any atom is 0.0410 e. The molecule has 0 spiro atoms. The lowest BCUT2D eigenvalue weighted by molar-refractivity contribution is 0.810. The second-order valence-corrected chi connectivity index (χ2v) is 3.14. The predicted molar refractivity (Wildman–Crippen MR) is 59.0 cm³/mol. The van der Waals surface area contributed by atoms with E-state index in [1.54, 1.807) is 12.4 Å². The first-order chi connectivity index (χ1) is 4.70. The fourth-order valence-corrected chi connectivity index (χ4v) is 1.06. The third kappa shape index (κ3) is 4.26. The molecule has 12 heavy (non-hydrogen) atoms. The summed E-state index contributed by atoms with van der Waals surface area (Å²) < 4.78 is 0.974. The topological polar surface area (TPSA) is 38.9 Å². The molecule has 0 saturated carbocycles. The first-order valence-corrected chi connectivity index (χ1v) is 3.85. The minimum atomic E-state index is 0. The molecule has 1 unspecified atom stereocenters. The molecule has 1 aromatic heterocycles. The van der Waals surface area contributed by atoms with Gasteiger partial charge in [0.05, 0.1) is 0 Å². The SMILES string of the molecule is CC(N)c1cncc(Br)c1.Cl.Cl. The van der Waals surface area contributed by atoms with Gasteiger partial charge in [-0.1, -0.05) is 0 Å². The van der Waals surface area contributed by atoms with Gasteiger partial charge in [-0.3, -0.25) is 4.98 Å². The summed E-state index contributed by atoms with van der Waals surface area (Å²) >= 11 is 3.31. The summed E-state index contributed by atoms with van der Waals surface area (Å²) in [6.07, 6.45) is 3.52. The standard InChI is InChI=1S/C7H9BrN2.2ClH/c1-5(9)6-2-7(8)4-10-3-6;;/h2-5H,9H2,1H3;2*1H. The molecule has 0 radical (unpaired) electrons. The first-order valence-electron chi connectivity index (χ1n) is 3.06. The van der Waals surface area contributed by atoms with Crippen LogP contribution >= 0.6 is 40.7 Å². The van der Waals surface area contributed by atoms with Crippen molar-refractivity contribution in [3.63, 3.8) is 0 Å². The third-order valence-electron chi connectivity index (χ3n) is 1.25. The first kappa shape index (κ1) is 14.7. The zero-order valence-electron chi connectivity index (χ0n) is 6.53. The summed E-state index contributed by atoms with van der Waals surface area (Å²) in [4.78, 5) is 3.98. The molecule has 0 aromatic carbocycles. The summed E-state index contributed by atoms with van der Waals surface area (Å²) in [6.45, 7) is 1.93. The number of aromatic nitrogens is 1. The van der Waals surface area contributed by atoms with E-state index >= 15 is 0 Å². The molecule has 0 aliphatic carbocycles. The number of hydrogen-bond donors (Lipinski definition) is 1. The Morgan fingerprint density at radius 1 is 1.42 bits per heavy atom. The van der Waals surface area contributed by atoms with E-state index in [2.05, 4.69) is 20.9 Å². The molecule has 0 amide bonds. The highest BCUT2D eigenvalue weighted by Crippen LogP contribution is 2.13. The number of nitrogens with two attached hydrogens (primary N) is 1. The van der Waals surface area contributed by atoms with Crippen molar-refractivity contribution >= 4 is 40.7 Å². The summed E-state index contributed by atoms with van der Waals surface area (Å²) in [5.74, 6) is 0. The highest BCUT2D eigenvalue weighted by atomic mass is 79.9. The quantitative estimate of drug-likeness (QED) is 0.855. The average molecular weight is 274 g/mol. The molecule has 5 heteroatoms. The lowest BCUT2D eigenvalue weighted by Crippen LogP contribution is -2.04. The number of nitrogens with zero attached hydrogens (tertiary/aromatic N) is 1. The van der Waals surface area contributed by atoms with E-state index < -0.39 is 0 Å². The Hall–Kier alpha value is 0.170. The Labute approximate surface area is 92.9 Å². The van der Waals surface area contributed by atoms with E-state index in [4.69, 9.17) is 5.73 Å². The average Bonchev–Trinajstić information content (AvgIpc) is 1.88. The van der Waals surface area contributed by atoms with Gasteiger partial charge in [0.1, 0.15) is 0 Å². The van der Waals surface area contributed by atoms with Crippen molar-refractivity contribution in [3.05, 3.63) is 28.5 Å². The fraction of sp³-hybridized carbons (Fsp3) is 0.286. The van der Waals surface area contributed by atoms with Gasteiger partial charge in [-0.05, 0) is 34.5 Å². The van der Waals surface area contributed by atoms with Gasteiger partial charge >= 0.3 is 0 Å². The van der Waals surface area contributed by atoms with Gasteiger partial charge in [-0.2, -0.15) is 0 Å². The number of pyridine rings is 1. The van der Waals surface area contributed by atoms with Crippen molar-refractivity contribution in [2.75, 3.05) is 0 Å². The van der Waals surface area contributed by atoms with Crippen LogP contribution in [-0.2, 0) is 0 Å². The summed E-state index contributed by atoms with van der Waals surface area (Å²) in [7, 11) is 0. The highest BCUT2D eigenvalue weighted by Gasteiger charge is 1.98. The van der Waals surface area contributed by atoms with Crippen LogP contribution in [0.4, 0.5) is 0 Å². The van der Waals surface area contributed by atoms with Gasteiger partial charge in [0, 0.05) is 22.9 Å². The van der Waals surface area contributed by atoms with Crippen LogP contribution in [0.15, 0.2) is 22.9 Å². The van der Waals surface area contributed by atoms with Crippen LogP contribution in [0.1, 0.15) is 18.5 Å². The van der Waals surface area contributed by atoms with Gasteiger partial charge in [-0.25, -0.2) is 0 Å². The van der Waals surface area contributed by atoms with Gasteiger partial charge in [0.25, 0.3) is 0 Å². The van der Waals surface area contributed by atoms with Crippen LogP contribution < -0.4 is 5.73 Å². The molecule has 1 atom stereocenters.